The Kier molecular flexibility index (Phi) is 5.68. The van der Waals surface area contributed by atoms with Crippen molar-refractivity contribution in [2.45, 2.75) is 0 Å². The van der Waals surface area contributed by atoms with Crippen LogP contribution in [0.4, 0.5) is 11.4 Å². The van der Waals surface area contributed by atoms with E-state index in [1.165, 1.54) is 0 Å². The third kappa shape index (κ3) is 4.79. The Morgan fingerprint density at radius 2 is 1.53 bits per heavy atom. The lowest BCUT2D eigenvalue weighted by Gasteiger charge is -2.09. The van der Waals surface area contributed by atoms with E-state index in [9.17, 15) is 9.59 Å². The van der Waals surface area contributed by atoms with Gasteiger partial charge in [-0.15, -0.1) is 0 Å². The summed E-state index contributed by atoms with van der Waals surface area (Å²) in [6.07, 6.45) is 0. The number of para-hydroxylation sites is 1. The Labute approximate surface area is 177 Å². The van der Waals surface area contributed by atoms with Crippen molar-refractivity contribution in [1.29, 1.82) is 0 Å². The SMILES string of the molecule is O=C(COc1ccc(Cl)cc1)Nc1ccc(NC(=O)c2cc3ccccc3o2)cc1. The summed E-state index contributed by atoms with van der Waals surface area (Å²) >= 11 is 5.81. The highest BCUT2D eigenvalue weighted by Gasteiger charge is 2.12. The Hall–Kier alpha value is -3.77. The molecule has 4 rings (SSSR count). The summed E-state index contributed by atoms with van der Waals surface area (Å²) in [7, 11) is 0. The minimum atomic E-state index is -0.348. The third-order valence-electron chi connectivity index (χ3n) is 4.26. The first kappa shape index (κ1) is 19.5. The van der Waals surface area contributed by atoms with E-state index in [4.69, 9.17) is 20.8 Å². The molecule has 30 heavy (non-hydrogen) atoms. The average molecular weight is 421 g/mol. The van der Waals surface area contributed by atoms with Crippen LogP contribution in [0.15, 0.2) is 83.3 Å². The van der Waals surface area contributed by atoms with E-state index in [2.05, 4.69) is 10.6 Å². The molecule has 2 N–H and O–H groups in total. The van der Waals surface area contributed by atoms with Gasteiger partial charge in [-0.3, -0.25) is 9.59 Å². The lowest BCUT2D eigenvalue weighted by atomic mass is 10.2. The number of benzene rings is 3. The molecule has 0 aliphatic rings. The number of furan rings is 1. The third-order valence-corrected chi connectivity index (χ3v) is 4.51. The van der Waals surface area contributed by atoms with Gasteiger partial charge in [0.15, 0.2) is 12.4 Å². The maximum absolute atomic E-state index is 12.4. The molecule has 0 radical (unpaired) electrons. The number of carbonyl (C=O) groups excluding carboxylic acids is 2. The van der Waals surface area contributed by atoms with Crippen LogP contribution in [0.1, 0.15) is 10.6 Å². The van der Waals surface area contributed by atoms with Gasteiger partial charge in [-0.1, -0.05) is 29.8 Å². The molecule has 0 fully saturated rings. The second-order valence-corrected chi connectivity index (χ2v) is 6.91. The number of fused-ring (bicyclic) bond motifs is 1. The van der Waals surface area contributed by atoms with E-state index in [1.54, 1.807) is 60.7 Å². The van der Waals surface area contributed by atoms with Crippen LogP contribution in [0.5, 0.6) is 5.75 Å². The quantitative estimate of drug-likeness (QED) is 0.440. The van der Waals surface area contributed by atoms with Crippen LogP contribution >= 0.6 is 11.6 Å². The summed E-state index contributed by atoms with van der Waals surface area (Å²) in [6, 6.07) is 22.6. The molecule has 0 atom stereocenters. The molecule has 2 amide bonds. The molecule has 6 nitrogen and oxygen atoms in total. The minimum absolute atomic E-state index is 0.133. The Morgan fingerprint density at radius 3 is 2.23 bits per heavy atom. The number of nitrogens with one attached hydrogen (secondary N) is 2. The second-order valence-electron chi connectivity index (χ2n) is 6.47. The zero-order valence-corrected chi connectivity index (χ0v) is 16.5. The van der Waals surface area contributed by atoms with E-state index in [1.807, 2.05) is 18.2 Å². The molecule has 0 saturated carbocycles. The molecule has 0 aliphatic carbocycles. The number of hydrogen-bond acceptors (Lipinski definition) is 4. The molecule has 0 aliphatic heterocycles. The number of amides is 2. The van der Waals surface area contributed by atoms with Crippen LogP contribution in [0.2, 0.25) is 5.02 Å². The van der Waals surface area contributed by atoms with Gasteiger partial charge < -0.3 is 19.8 Å². The average Bonchev–Trinajstić information content (AvgIpc) is 3.19. The number of rotatable bonds is 6. The first-order valence-electron chi connectivity index (χ1n) is 9.15. The largest absolute Gasteiger partial charge is 0.484 e. The molecule has 0 bridgehead atoms. The maximum Gasteiger partial charge on any atom is 0.291 e. The van der Waals surface area contributed by atoms with Crippen LogP contribution in [0.3, 0.4) is 0 Å². The van der Waals surface area contributed by atoms with Crippen molar-refractivity contribution in [3.8, 4) is 5.75 Å². The van der Waals surface area contributed by atoms with E-state index < -0.39 is 0 Å². The molecule has 0 saturated heterocycles. The zero-order chi connectivity index (χ0) is 20.9. The molecule has 150 valence electrons. The summed E-state index contributed by atoms with van der Waals surface area (Å²) in [5.41, 5.74) is 1.82. The number of ether oxygens (including phenoxy) is 1. The summed E-state index contributed by atoms with van der Waals surface area (Å²) in [4.78, 5) is 24.4. The summed E-state index contributed by atoms with van der Waals surface area (Å²) < 4.78 is 11.0. The van der Waals surface area contributed by atoms with Crippen molar-refractivity contribution in [1.82, 2.24) is 0 Å². The van der Waals surface area contributed by atoms with Gasteiger partial charge in [0.1, 0.15) is 11.3 Å². The van der Waals surface area contributed by atoms with Gasteiger partial charge in [-0.25, -0.2) is 0 Å². The second kappa shape index (κ2) is 8.71. The van der Waals surface area contributed by atoms with E-state index >= 15 is 0 Å². The van der Waals surface area contributed by atoms with Crippen LogP contribution in [0, 0.1) is 0 Å². The molecule has 0 spiro atoms. The summed E-state index contributed by atoms with van der Waals surface area (Å²) in [6.45, 7) is -0.133. The highest BCUT2D eigenvalue weighted by atomic mass is 35.5. The lowest BCUT2D eigenvalue weighted by Crippen LogP contribution is -2.20. The normalized spacial score (nSPS) is 10.6. The Balaban J connectivity index is 1.31. The van der Waals surface area contributed by atoms with Crippen molar-refractivity contribution in [3.63, 3.8) is 0 Å². The van der Waals surface area contributed by atoms with Crippen molar-refractivity contribution in [2.75, 3.05) is 17.2 Å². The van der Waals surface area contributed by atoms with Crippen molar-refractivity contribution in [3.05, 3.63) is 89.6 Å². The van der Waals surface area contributed by atoms with Gasteiger partial charge in [0.05, 0.1) is 0 Å². The van der Waals surface area contributed by atoms with Crippen molar-refractivity contribution < 1.29 is 18.7 Å². The molecule has 1 aromatic heterocycles. The fraction of sp³-hybridized carbons (Fsp3) is 0.0435. The predicted octanol–water partition coefficient (Wildman–Crippen LogP) is 5.36. The number of anilines is 2. The predicted molar refractivity (Wildman–Crippen MR) is 116 cm³/mol. The van der Waals surface area contributed by atoms with E-state index in [0.29, 0.717) is 27.7 Å². The topological polar surface area (TPSA) is 80.6 Å². The van der Waals surface area contributed by atoms with Crippen LogP contribution in [0.25, 0.3) is 11.0 Å². The smallest absolute Gasteiger partial charge is 0.291 e. The van der Waals surface area contributed by atoms with E-state index in [-0.39, 0.29) is 24.2 Å². The zero-order valence-electron chi connectivity index (χ0n) is 15.7. The first-order valence-corrected chi connectivity index (χ1v) is 9.53. The molecule has 3 aromatic carbocycles. The number of hydrogen-bond donors (Lipinski definition) is 2. The van der Waals surface area contributed by atoms with Crippen molar-refractivity contribution >= 4 is 45.8 Å². The van der Waals surface area contributed by atoms with Gasteiger partial charge in [-0.2, -0.15) is 0 Å². The summed E-state index contributed by atoms with van der Waals surface area (Å²) in [5, 5.41) is 6.96. The number of carbonyl (C=O) groups is 2. The van der Waals surface area contributed by atoms with Crippen LogP contribution < -0.4 is 15.4 Å². The van der Waals surface area contributed by atoms with Gasteiger partial charge in [-0.05, 0) is 60.7 Å². The molecular formula is C23H17ClN2O4. The fourth-order valence-electron chi connectivity index (χ4n) is 2.80. The van der Waals surface area contributed by atoms with Gasteiger partial charge in [0.2, 0.25) is 0 Å². The minimum Gasteiger partial charge on any atom is -0.484 e. The summed E-state index contributed by atoms with van der Waals surface area (Å²) in [5.74, 6) is 0.134. The highest BCUT2D eigenvalue weighted by Crippen LogP contribution is 2.21. The van der Waals surface area contributed by atoms with Gasteiger partial charge in [0, 0.05) is 21.8 Å². The van der Waals surface area contributed by atoms with E-state index in [0.717, 1.165) is 5.39 Å². The fourth-order valence-corrected chi connectivity index (χ4v) is 2.93. The molecule has 7 heteroatoms. The van der Waals surface area contributed by atoms with Crippen LogP contribution in [-0.2, 0) is 4.79 Å². The highest BCUT2D eigenvalue weighted by molar-refractivity contribution is 6.30. The molecule has 4 aromatic rings. The molecule has 0 unspecified atom stereocenters. The maximum atomic E-state index is 12.4. The Bertz CT molecular complexity index is 1150. The Morgan fingerprint density at radius 1 is 0.867 bits per heavy atom. The van der Waals surface area contributed by atoms with Gasteiger partial charge >= 0.3 is 0 Å². The standard InChI is InChI=1S/C23H17ClN2O4/c24-16-5-11-19(12-6-16)29-14-22(27)25-17-7-9-18(10-8-17)26-23(28)21-13-15-3-1-2-4-20(15)30-21/h1-13H,14H2,(H,25,27)(H,26,28). The lowest BCUT2D eigenvalue weighted by molar-refractivity contribution is -0.118. The molecular weight excluding hydrogens is 404 g/mol. The number of halogens is 1. The monoisotopic (exact) mass is 420 g/mol. The van der Waals surface area contributed by atoms with Crippen molar-refractivity contribution in [2.24, 2.45) is 0 Å². The first-order chi connectivity index (χ1) is 14.6. The molecule has 1 heterocycles. The van der Waals surface area contributed by atoms with Crippen LogP contribution in [-0.4, -0.2) is 18.4 Å². The van der Waals surface area contributed by atoms with Gasteiger partial charge in [0.25, 0.3) is 11.8 Å².